The van der Waals surface area contributed by atoms with E-state index in [4.69, 9.17) is 38.9 Å². The van der Waals surface area contributed by atoms with Gasteiger partial charge in [-0.1, -0.05) is 80.2 Å². The molecule has 0 aromatic heterocycles. The first-order valence-corrected chi connectivity index (χ1v) is 29.1. The first kappa shape index (κ1) is 65.9. The number of nitrogens with two attached hydrogens (primary N) is 1. The van der Waals surface area contributed by atoms with E-state index in [0.29, 0.717) is 140 Å². The standard InChI is InChI=1S/C45H61N5O13.C6H14.C3H6N2O.2C2H6/c1-43-13-12-32-33(27-61-41(32)55)34(43)26-36-44(62-36)38(52)29(25-37-45(43,44)63-37)9-5-19-60-42(56)49-15-3-2-11-35(50-39(53)30-8-4-10-31(46)24-30)40(54)48-16-7-18-58-21-23-59-22-20-57-17-6-14-47-28-51;1-3-5-6-4-2;6-3-4-1-2-5-3;2*1-2/h4,8,10,24-25,28,34-37H,2-3,5-7,9,11-23,26-27,46H2,1H3,(H,47,51)(H,48,54)(H,49,56)(H,50,53);3-6H2,1-2H3;1-2H2,(H2,4,5,6);2*1-2H3. The van der Waals surface area contributed by atoms with Crippen LogP contribution in [0.3, 0.4) is 0 Å². The number of nitrogen functional groups attached to an aromatic ring is 1. The van der Waals surface area contributed by atoms with E-state index in [1.54, 1.807) is 24.3 Å². The number of urea groups is 1. The maximum atomic E-state index is 14.0. The molecule has 3 saturated heterocycles. The number of ether oxygens (including phenoxy) is 7. The number of nitrogens with one attached hydrogen (secondary N) is 6. The van der Waals surface area contributed by atoms with E-state index in [0.717, 1.165) is 37.1 Å². The summed E-state index contributed by atoms with van der Waals surface area (Å²) < 4.78 is 40.1. The molecule has 444 valence electrons. The van der Waals surface area contributed by atoms with Gasteiger partial charge in [-0.2, -0.15) is 0 Å². The van der Waals surface area contributed by atoms with Crippen LogP contribution >= 0.6 is 0 Å². The summed E-state index contributed by atoms with van der Waals surface area (Å²) in [6.07, 6.45) is 12.6. The van der Waals surface area contributed by atoms with Crippen LogP contribution in [0.1, 0.15) is 149 Å². The number of epoxide rings is 2. The number of hydrogen-bond acceptors (Lipinski definition) is 15. The van der Waals surface area contributed by atoms with Gasteiger partial charge in [-0.3, -0.25) is 19.2 Å². The molecule has 1 aromatic rings. The molecule has 6 amide bonds. The van der Waals surface area contributed by atoms with Crippen LogP contribution in [0.15, 0.2) is 47.1 Å². The number of carbonyl (C=O) groups excluding carboxylic acids is 7. The van der Waals surface area contributed by atoms with Crippen molar-refractivity contribution in [2.45, 2.75) is 168 Å². The predicted molar refractivity (Wildman–Crippen MR) is 299 cm³/mol. The van der Waals surface area contributed by atoms with Gasteiger partial charge in [0, 0.05) is 68.2 Å². The third-order valence-electron chi connectivity index (χ3n) is 14.9. The summed E-state index contributed by atoms with van der Waals surface area (Å²) in [6.45, 7) is 20.5. The van der Waals surface area contributed by atoms with E-state index < -0.39 is 29.2 Å². The van der Waals surface area contributed by atoms with Crippen molar-refractivity contribution < 1.29 is 66.7 Å². The normalized spacial score (nSPS) is 24.3. The second-order valence-electron chi connectivity index (χ2n) is 20.0. The van der Waals surface area contributed by atoms with Gasteiger partial charge < -0.3 is 70.8 Å². The van der Waals surface area contributed by atoms with Gasteiger partial charge in [0.1, 0.15) is 24.4 Å². The van der Waals surface area contributed by atoms with Gasteiger partial charge in [0.25, 0.3) is 5.91 Å². The zero-order valence-corrected chi connectivity index (χ0v) is 48.2. The van der Waals surface area contributed by atoms with Gasteiger partial charge in [-0.05, 0) is 106 Å². The molecule has 8 N–H and O–H groups in total. The number of Topliss-reactive ketones (excluding diaryl/α,β-unsaturated/α-hetero) is 1. The smallest absolute Gasteiger partial charge is 0.407 e. The zero-order chi connectivity index (χ0) is 57.7. The number of esters is 1. The quantitative estimate of drug-likeness (QED) is 0.0150. The molecule has 8 rings (SSSR count). The van der Waals surface area contributed by atoms with Crippen molar-refractivity contribution in [3.05, 3.63) is 52.6 Å². The van der Waals surface area contributed by atoms with E-state index in [2.05, 4.69) is 52.7 Å². The van der Waals surface area contributed by atoms with Crippen LogP contribution in [0, 0.1) is 11.3 Å². The van der Waals surface area contributed by atoms with Gasteiger partial charge in [-0.25, -0.2) is 14.4 Å². The van der Waals surface area contributed by atoms with Gasteiger partial charge in [0.2, 0.25) is 12.3 Å². The highest BCUT2D eigenvalue weighted by molar-refractivity contribution is 6.08. The molecule has 79 heavy (non-hydrogen) atoms. The maximum absolute atomic E-state index is 14.0. The number of cyclic esters (lactones) is 1. The average molecular weight is 1110 g/mol. The van der Waals surface area contributed by atoms with Gasteiger partial charge in [-0.15, -0.1) is 0 Å². The molecule has 0 radical (unpaired) electrons. The van der Waals surface area contributed by atoms with E-state index in [1.165, 1.54) is 25.7 Å². The molecule has 0 bridgehead atoms. The van der Waals surface area contributed by atoms with Crippen molar-refractivity contribution in [3.63, 3.8) is 0 Å². The topological polar surface area (TPSA) is 289 Å². The maximum Gasteiger partial charge on any atom is 0.407 e. The summed E-state index contributed by atoms with van der Waals surface area (Å²) in [5, 5.41) is 16.2. The summed E-state index contributed by atoms with van der Waals surface area (Å²) >= 11 is 0. The molecule has 21 nitrogen and oxygen atoms in total. The average Bonchev–Trinajstić information content (AvgIpc) is 1.59. The van der Waals surface area contributed by atoms with E-state index in [9.17, 15) is 33.6 Å². The second-order valence-corrected chi connectivity index (χ2v) is 20.0. The second kappa shape index (κ2) is 34.5. The SMILES string of the molecule is CC.CC.CC12CCC3=C(COC3=O)C1CC1OC13C(=O)C(CCCOC(=O)NCCCCC(NC(=O)c1cccc(N)c1)C(=O)NCCCOCCOCCOCCCNC=O)=CC1OC123.CCCCCC.O=C1NCCN1. The molecule has 1 aromatic carbocycles. The summed E-state index contributed by atoms with van der Waals surface area (Å²) in [6, 6.07) is 5.64. The number of fused-ring (bicyclic) bond motifs is 2. The van der Waals surface area contributed by atoms with Crippen LogP contribution < -0.4 is 37.6 Å². The van der Waals surface area contributed by atoms with Crippen molar-refractivity contribution in [2.75, 3.05) is 91.3 Å². The Hall–Kier alpha value is -5.61. The molecule has 4 fully saturated rings. The number of alkyl carbamates (subject to hydrolysis) is 1. The van der Waals surface area contributed by atoms with Crippen molar-refractivity contribution in [3.8, 4) is 0 Å². The number of ketones is 1. The fourth-order valence-corrected chi connectivity index (χ4v) is 11.0. The number of unbranched alkanes of at least 4 members (excludes halogenated alkanes) is 4. The first-order chi connectivity index (χ1) is 38.4. The number of carbonyl (C=O) groups is 7. The highest BCUT2D eigenvalue weighted by atomic mass is 16.7. The number of anilines is 1. The molecule has 7 atom stereocenters. The van der Waals surface area contributed by atoms with Gasteiger partial charge in [0.05, 0.1) is 39.1 Å². The molecule has 7 aliphatic rings. The van der Waals surface area contributed by atoms with E-state index in [1.807, 2.05) is 33.8 Å². The lowest BCUT2D eigenvalue weighted by atomic mass is 9.48. The highest BCUT2D eigenvalue weighted by Gasteiger charge is 2.92. The Kier molecular flexibility index (Phi) is 28.8. The largest absolute Gasteiger partial charge is 0.458 e. The van der Waals surface area contributed by atoms with Crippen molar-refractivity contribution >= 4 is 47.8 Å². The lowest BCUT2D eigenvalue weighted by Gasteiger charge is -2.51. The lowest BCUT2D eigenvalue weighted by Crippen LogP contribution is -2.63. The van der Waals surface area contributed by atoms with Crippen molar-refractivity contribution in [1.29, 1.82) is 0 Å². The monoisotopic (exact) mass is 1110 g/mol. The Bertz CT molecular complexity index is 2180. The molecule has 2 spiro atoms. The Morgan fingerprint density at radius 1 is 0.823 bits per heavy atom. The van der Waals surface area contributed by atoms with Crippen LogP contribution in [0.25, 0.3) is 0 Å². The number of amides is 6. The first-order valence-electron chi connectivity index (χ1n) is 29.1. The van der Waals surface area contributed by atoms with Crippen LogP contribution in [0.2, 0.25) is 0 Å². The van der Waals surface area contributed by atoms with Gasteiger partial charge >= 0.3 is 18.1 Å². The molecule has 1 saturated carbocycles. The molecule has 4 heterocycles. The van der Waals surface area contributed by atoms with Crippen LogP contribution in [-0.4, -0.2) is 157 Å². The Labute approximate surface area is 468 Å². The van der Waals surface area contributed by atoms with Gasteiger partial charge in [0.15, 0.2) is 11.4 Å². The minimum absolute atomic E-state index is 0.0385. The summed E-state index contributed by atoms with van der Waals surface area (Å²) in [4.78, 5) is 85.4. The van der Waals surface area contributed by atoms with Crippen LogP contribution in [0.5, 0.6) is 0 Å². The number of hydrogen-bond donors (Lipinski definition) is 7. The van der Waals surface area contributed by atoms with E-state index in [-0.39, 0.29) is 53.8 Å². The fourth-order valence-electron chi connectivity index (χ4n) is 11.0. The molecular formula is C58H93N7O14. The lowest BCUT2D eigenvalue weighted by molar-refractivity contribution is -0.136. The minimum atomic E-state index is -0.994. The molecule has 21 heteroatoms. The number of benzene rings is 1. The Balaban J connectivity index is 0.000000736. The molecule has 4 aliphatic heterocycles. The predicted octanol–water partition coefficient (Wildman–Crippen LogP) is 6.13. The highest BCUT2D eigenvalue weighted by Crippen LogP contribution is 2.77. The van der Waals surface area contributed by atoms with Crippen LogP contribution in [-0.2, 0) is 52.3 Å². The molecular weight excluding hydrogens is 1020 g/mol. The fraction of sp³-hybridized carbons (Fsp3) is 0.707. The Morgan fingerprint density at radius 3 is 2.11 bits per heavy atom. The third kappa shape index (κ3) is 17.9. The minimum Gasteiger partial charge on any atom is -0.458 e. The molecule has 3 aliphatic carbocycles. The Morgan fingerprint density at radius 2 is 1.48 bits per heavy atom. The summed E-state index contributed by atoms with van der Waals surface area (Å²) in [5.41, 5.74) is 7.04. The van der Waals surface area contributed by atoms with Crippen molar-refractivity contribution in [2.24, 2.45) is 11.3 Å². The number of rotatable bonds is 30. The molecule has 7 unspecified atom stereocenters. The van der Waals surface area contributed by atoms with Crippen LogP contribution in [0.4, 0.5) is 15.3 Å². The zero-order valence-electron chi connectivity index (χ0n) is 48.2. The van der Waals surface area contributed by atoms with Crippen molar-refractivity contribution in [1.82, 2.24) is 31.9 Å². The summed E-state index contributed by atoms with van der Waals surface area (Å²) in [7, 11) is 0. The summed E-state index contributed by atoms with van der Waals surface area (Å²) in [5.74, 6) is -0.944. The van der Waals surface area contributed by atoms with E-state index >= 15 is 0 Å². The third-order valence-corrected chi connectivity index (χ3v) is 14.9.